The maximum Gasteiger partial charge on any atom is 0.250 e. The first-order valence-corrected chi connectivity index (χ1v) is 5.21. The Kier molecular flexibility index (Phi) is 3.84. The van der Waals surface area contributed by atoms with E-state index in [4.69, 9.17) is 4.74 Å². The van der Waals surface area contributed by atoms with Crippen molar-refractivity contribution in [3.8, 4) is 0 Å². The van der Waals surface area contributed by atoms with Gasteiger partial charge in [0.25, 0.3) is 0 Å². The van der Waals surface area contributed by atoms with E-state index in [0.717, 1.165) is 6.54 Å². The van der Waals surface area contributed by atoms with Gasteiger partial charge in [-0.25, -0.2) is 0 Å². The van der Waals surface area contributed by atoms with Crippen LogP contribution in [0.25, 0.3) is 0 Å². The van der Waals surface area contributed by atoms with Gasteiger partial charge in [0.15, 0.2) is 5.82 Å². The lowest BCUT2D eigenvalue weighted by Crippen LogP contribution is -2.48. The van der Waals surface area contributed by atoms with Crippen LogP contribution in [0.5, 0.6) is 0 Å². The lowest BCUT2D eigenvalue weighted by Gasteiger charge is -2.22. The molecule has 0 bridgehead atoms. The second-order valence-corrected chi connectivity index (χ2v) is 3.45. The van der Waals surface area contributed by atoms with Crippen LogP contribution in [0.15, 0.2) is 10.9 Å². The topological polar surface area (TPSA) is 89.3 Å². The predicted molar refractivity (Wildman–Crippen MR) is 53.6 cm³/mol. The van der Waals surface area contributed by atoms with Gasteiger partial charge in [-0.3, -0.25) is 4.79 Å². The molecule has 88 valence electrons. The SMILES string of the molecule is O=C(NCCc1ncon1)C1CNCCO1. The fraction of sp³-hybridized carbons (Fsp3) is 0.667. The van der Waals surface area contributed by atoms with Crippen LogP contribution in [0.2, 0.25) is 0 Å². The fourth-order valence-electron chi connectivity index (χ4n) is 1.45. The monoisotopic (exact) mass is 226 g/mol. The van der Waals surface area contributed by atoms with Gasteiger partial charge in [0.05, 0.1) is 6.61 Å². The molecule has 2 heterocycles. The standard InChI is InChI=1S/C9H14N4O3/c14-9(7-5-10-3-4-15-7)11-2-1-8-12-6-16-13-8/h6-7,10H,1-5H2,(H,11,14). The summed E-state index contributed by atoms with van der Waals surface area (Å²) in [4.78, 5) is 15.4. The molecule has 1 fully saturated rings. The highest BCUT2D eigenvalue weighted by Gasteiger charge is 2.20. The molecule has 2 N–H and O–H groups in total. The quantitative estimate of drug-likeness (QED) is 0.664. The molecule has 1 aromatic rings. The minimum absolute atomic E-state index is 0.101. The number of rotatable bonds is 4. The van der Waals surface area contributed by atoms with E-state index in [2.05, 4.69) is 25.3 Å². The van der Waals surface area contributed by atoms with Crippen LogP contribution in [-0.2, 0) is 16.0 Å². The van der Waals surface area contributed by atoms with Gasteiger partial charge < -0.3 is 19.9 Å². The smallest absolute Gasteiger partial charge is 0.250 e. The highest BCUT2D eigenvalue weighted by molar-refractivity contribution is 5.81. The van der Waals surface area contributed by atoms with Crippen molar-refractivity contribution in [1.82, 2.24) is 20.8 Å². The van der Waals surface area contributed by atoms with Gasteiger partial charge in [-0.2, -0.15) is 4.98 Å². The number of aromatic nitrogens is 2. The number of morpholine rings is 1. The molecular weight excluding hydrogens is 212 g/mol. The lowest BCUT2D eigenvalue weighted by molar-refractivity contribution is -0.134. The van der Waals surface area contributed by atoms with Crippen LogP contribution in [0, 0.1) is 0 Å². The van der Waals surface area contributed by atoms with Gasteiger partial charge in [-0.15, -0.1) is 0 Å². The highest BCUT2D eigenvalue weighted by atomic mass is 16.5. The summed E-state index contributed by atoms with van der Waals surface area (Å²) < 4.78 is 9.88. The average Bonchev–Trinajstić information content (AvgIpc) is 2.83. The maximum atomic E-state index is 11.6. The van der Waals surface area contributed by atoms with E-state index in [1.807, 2.05) is 0 Å². The van der Waals surface area contributed by atoms with Crippen molar-refractivity contribution in [2.24, 2.45) is 0 Å². The van der Waals surface area contributed by atoms with Crippen molar-refractivity contribution in [2.75, 3.05) is 26.2 Å². The minimum Gasteiger partial charge on any atom is -0.366 e. The summed E-state index contributed by atoms with van der Waals surface area (Å²) in [7, 11) is 0. The zero-order valence-electron chi connectivity index (χ0n) is 8.81. The van der Waals surface area contributed by atoms with E-state index in [1.165, 1.54) is 6.39 Å². The Morgan fingerprint density at radius 2 is 2.62 bits per heavy atom. The van der Waals surface area contributed by atoms with Crippen LogP contribution >= 0.6 is 0 Å². The van der Waals surface area contributed by atoms with Crippen LogP contribution in [0.4, 0.5) is 0 Å². The molecule has 0 radical (unpaired) electrons. The third-order valence-corrected chi connectivity index (χ3v) is 2.27. The fourth-order valence-corrected chi connectivity index (χ4v) is 1.45. The van der Waals surface area contributed by atoms with Gasteiger partial charge >= 0.3 is 0 Å². The number of amides is 1. The zero-order chi connectivity index (χ0) is 11.2. The summed E-state index contributed by atoms with van der Waals surface area (Å²) in [5.41, 5.74) is 0. The summed E-state index contributed by atoms with van der Waals surface area (Å²) in [6, 6.07) is 0. The highest BCUT2D eigenvalue weighted by Crippen LogP contribution is 1.96. The normalized spacial score (nSPS) is 20.6. The van der Waals surface area contributed by atoms with E-state index in [-0.39, 0.29) is 12.0 Å². The molecule has 1 unspecified atom stereocenters. The Labute approximate surface area is 92.5 Å². The predicted octanol–water partition coefficient (Wildman–Crippen LogP) is -1.28. The van der Waals surface area contributed by atoms with Gasteiger partial charge in [0.1, 0.15) is 6.10 Å². The van der Waals surface area contributed by atoms with E-state index in [0.29, 0.717) is 31.9 Å². The zero-order valence-corrected chi connectivity index (χ0v) is 8.81. The van der Waals surface area contributed by atoms with Crippen molar-refractivity contribution in [2.45, 2.75) is 12.5 Å². The Bertz CT molecular complexity index is 322. The second-order valence-electron chi connectivity index (χ2n) is 3.45. The van der Waals surface area contributed by atoms with E-state index < -0.39 is 0 Å². The molecule has 0 aliphatic carbocycles. The van der Waals surface area contributed by atoms with Crippen LogP contribution < -0.4 is 10.6 Å². The molecule has 1 aliphatic heterocycles. The Hall–Kier alpha value is -1.47. The molecule has 0 saturated carbocycles. The molecule has 7 heteroatoms. The van der Waals surface area contributed by atoms with Gasteiger partial charge in [-0.05, 0) is 0 Å². The minimum atomic E-state index is -0.390. The third kappa shape index (κ3) is 3.01. The molecule has 1 saturated heterocycles. The number of nitrogens with zero attached hydrogens (tertiary/aromatic N) is 2. The molecule has 7 nitrogen and oxygen atoms in total. The average molecular weight is 226 g/mol. The molecule has 0 spiro atoms. The van der Waals surface area contributed by atoms with E-state index >= 15 is 0 Å². The molecule has 1 atom stereocenters. The summed E-state index contributed by atoms with van der Waals surface area (Å²) in [6.45, 7) is 2.42. The number of hydrogen-bond acceptors (Lipinski definition) is 6. The molecule has 0 aromatic carbocycles. The first-order valence-electron chi connectivity index (χ1n) is 5.21. The van der Waals surface area contributed by atoms with Gasteiger partial charge in [-0.1, -0.05) is 5.16 Å². The Morgan fingerprint density at radius 3 is 3.31 bits per heavy atom. The number of carbonyl (C=O) groups is 1. The summed E-state index contributed by atoms with van der Waals surface area (Å²) >= 11 is 0. The summed E-state index contributed by atoms with van der Waals surface area (Å²) in [5.74, 6) is 0.485. The molecule has 1 aliphatic rings. The Balaban J connectivity index is 1.67. The van der Waals surface area contributed by atoms with Crippen molar-refractivity contribution >= 4 is 5.91 Å². The molecular formula is C9H14N4O3. The van der Waals surface area contributed by atoms with E-state index in [1.54, 1.807) is 0 Å². The van der Waals surface area contributed by atoms with Gasteiger partial charge in [0.2, 0.25) is 12.3 Å². The molecule has 16 heavy (non-hydrogen) atoms. The largest absolute Gasteiger partial charge is 0.366 e. The number of nitrogens with one attached hydrogen (secondary N) is 2. The van der Waals surface area contributed by atoms with Crippen LogP contribution in [-0.4, -0.2) is 48.4 Å². The van der Waals surface area contributed by atoms with Crippen molar-refractivity contribution < 1.29 is 14.1 Å². The van der Waals surface area contributed by atoms with Crippen molar-refractivity contribution in [3.05, 3.63) is 12.2 Å². The number of carbonyl (C=O) groups excluding carboxylic acids is 1. The summed E-state index contributed by atoms with van der Waals surface area (Å²) in [5, 5.41) is 9.50. The number of hydrogen-bond donors (Lipinski definition) is 2. The Morgan fingerprint density at radius 1 is 1.69 bits per heavy atom. The van der Waals surface area contributed by atoms with Gasteiger partial charge in [0, 0.05) is 26.1 Å². The molecule has 1 amide bonds. The second kappa shape index (κ2) is 5.57. The maximum absolute atomic E-state index is 11.6. The first-order chi connectivity index (χ1) is 7.86. The van der Waals surface area contributed by atoms with Crippen LogP contribution in [0.1, 0.15) is 5.82 Å². The van der Waals surface area contributed by atoms with Crippen molar-refractivity contribution in [3.63, 3.8) is 0 Å². The molecule has 1 aromatic heterocycles. The molecule has 2 rings (SSSR count). The van der Waals surface area contributed by atoms with Crippen LogP contribution in [0.3, 0.4) is 0 Å². The lowest BCUT2D eigenvalue weighted by atomic mass is 10.3. The van der Waals surface area contributed by atoms with E-state index in [9.17, 15) is 4.79 Å². The third-order valence-electron chi connectivity index (χ3n) is 2.27. The summed E-state index contributed by atoms with van der Waals surface area (Å²) in [6.07, 6.45) is 1.44. The van der Waals surface area contributed by atoms with Crippen molar-refractivity contribution in [1.29, 1.82) is 0 Å². The first kappa shape index (κ1) is 11.0. The number of ether oxygens (including phenoxy) is 1.